The monoisotopic (exact) mass is 279 g/mol. The third-order valence-corrected chi connectivity index (χ3v) is 2.86. The minimum absolute atomic E-state index is 0.0778. The summed E-state index contributed by atoms with van der Waals surface area (Å²) in [6.07, 6.45) is 0. The van der Waals surface area contributed by atoms with Gasteiger partial charge in [0.25, 0.3) is 5.91 Å². The Kier molecular flexibility index (Phi) is 3.71. The van der Waals surface area contributed by atoms with Gasteiger partial charge in [0.2, 0.25) is 0 Å². The predicted octanol–water partition coefficient (Wildman–Crippen LogP) is 3.75. The van der Waals surface area contributed by atoms with E-state index in [1.807, 2.05) is 0 Å². The minimum Gasteiger partial charge on any atom is -0.507 e. The topological polar surface area (TPSA) is 49.3 Å². The van der Waals surface area contributed by atoms with E-state index in [9.17, 15) is 14.3 Å². The summed E-state index contributed by atoms with van der Waals surface area (Å²) in [5, 5.41) is 12.2. The Bertz CT molecular complexity index is 643. The summed E-state index contributed by atoms with van der Waals surface area (Å²) in [4.78, 5) is 11.9. The number of hydrogen-bond acceptors (Lipinski definition) is 2. The average molecular weight is 280 g/mol. The highest BCUT2D eigenvalue weighted by Gasteiger charge is 2.12. The van der Waals surface area contributed by atoms with Crippen LogP contribution in [0.5, 0.6) is 5.75 Å². The molecule has 0 saturated carbocycles. The highest BCUT2D eigenvalue weighted by Crippen LogP contribution is 2.22. The Hall–Kier alpha value is -2.07. The maximum absolute atomic E-state index is 13.0. The van der Waals surface area contributed by atoms with Gasteiger partial charge in [0.1, 0.15) is 11.6 Å². The minimum atomic E-state index is -0.558. The molecule has 2 N–H and O–H groups in total. The number of amides is 1. The molecule has 0 aliphatic heterocycles. The number of halogens is 2. The molecule has 2 aromatic rings. The number of aryl methyl sites for hydroxylation is 1. The number of hydrogen-bond donors (Lipinski definition) is 2. The van der Waals surface area contributed by atoms with Gasteiger partial charge in [-0.15, -0.1) is 0 Å². The molecular formula is C14H11ClFNO2. The van der Waals surface area contributed by atoms with Gasteiger partial charge in [-0.05, 0) is 42.8 Å². The van der Waals surface area contributed by atoms with Gasteiger partial charge in [-0.1, -0.05) is 17.7 Å². The van der Waals surface area contributed by atoms with Crippen LogP contribution in [-0.2, 0) is 0 Å². The highest BCUT2D eigenvalue weighted by atomic mass is 35.5. The normalized spacial score (nSPS) is 10.3. The van der Waals surface area contributed by atoms with E-state index in [0.29, 0.717) is 5.69 Å². The van der Waals surface area contributed by atoms with Gasteiger partial charge in [0.05, 0.1) is 10.6 Å². The van der Waals surface area contributed by atoms with Crippen LogP contribution < -0.4 is 5.32 Å². The Morgan fingerprint density at radius 3 is 2.63 bits per heavy atom. The first-order valence-corrected chi connectivity index (χ1v) is 5.91. The summed E-state index contributed by atoms with van der Waals surface area (Å²) >= 11 is 5.62. The Morgan fingerprint density at radius 1 is 1.26 bits per heavy atom. The van der Waals surface area contributed by atoms with E-state index in [2.05, 4.69) is 5.32 Å². The van der Waals surface area contributed by atoms with E-state index < -0.39 is 11.7 Å². The molecule has 0 radical (unpaired) electrons. The molecule has 0 saturated heterocycles. The smallest absolute Gasteiger partial charge is 0.259 e. The summed E-state index contributed by atoms with van der Waals surface area (Å²) in [5.74, 6) is -1.15. The van der Waals surface area contributed by atoms with Crippen LogP contribution in [0.15, 0.2) is 36.4 Å². The summed E-state index contributed by atoms with van der Waals surface area (Å²) < 4.78 is 13.0. The maximum atomic E-state index is 13.0. The van der Waals surface area contributed by atoms with Crippen LogP contribution in [0, 0.1) is 12.7 Å². The number of anilines is 1. The Labute approximate surface area is 114 Å². The van der Waals surface area contributed by atoms with Crippen LogP contribution >= 0.6 is 11.6 Å². The van der Waals surface area contributed by atoms with Gasteiger partial charge >= 0.3 is 0 Å². The van der Waals surface area contributed by atoms with Crippen molar-refractivity contribution >= 4 is 23.2 Å². The molecule has 98 valence electrons. The predicted molar refractivity (Wildman–Crippen MR) is 72.2 cm³/mol. The SMILES string of the molecule is Cc1ccc(C(=O)Nc2ccc(F)c(Cl)c2)c(O)c1. The van der Waals surface area contributed by atoms with Crippen LogP contribution in [0.3, 0.4) is 0 Å². The summed E-state index contributed by atoms with van der Waals surface area (Å²) in [5.41, 5.74) is 1.35. The Balaban J connectivity index is 2.23. The fourth-order valence-electron chi connectivity index (χ4n) is 1.61. The first-order valence-electron chi connectivity index (χ1n) is 5.53. The van der Waals surface area contributed by atoms with Crippen LogP contribution in [0.4, 0.5) is 10.1 Å². The molecule has 0 fully saturated rings. The van der Waals surface area contributed by atoms with Crippen molar-refractivity contribution < 1.29 is 14.3 Å². The zero-order valence-electron chi connectivity index (χ0n) is 10.1. The van der Waals surface area contributed by atoms with Gasteiger partial charge in [-0.25, -0.2) is 4.39 Å². The molecule has 19 heavy (non-hydrogen) atoms. The molecule has 2 rings (SSSR count). The molecule has 0 aliphatic carbocycles. The second-order valence-corrected chi connectivity index (χ2v) is 4.51. The lowest BCUT2D eigenvalue weighted by Gasteiger charge is -2.08. The van der Waals surface area contributed by atoms with E-state index in [1.54, 1.807) is 13.0 Å². The van der Waals surface area contributed by atoms with Gasteiger partial charge in [0.15, 0.2) is 0 Å². The molecule has 0 bridgehead atoms. The molecule has 0 aliphatic rings. The molecule has 0 spiro atoms. The zero-order chi connectivity index (χ0) is 14.0. The third-order valence-electron chi connectivity index (χ3n) is 2.58. The quantitative estimate of drug-likeness (QED) is 0.880. The Morgan fingerprint density at radius 2 is 2.00 bits per heavy atom. The molecule has 1 amide bonds. The third kappa shape index (κ3) is 3.03. The van der Waals surface area contributed by atoms with E-state index in [4.69, 9.17) is 11.6 Å². The van der Waals surface area contributed by atoms with Crippen LogP contribution in [0.25, 0.3) is 0 Å². The number of nitrogens with one attached hydrogen (secondary N) is 1. The van der Waals surface area contributed by atoms with Crippen molar-refractivity contribution in [1.82, 2.24) is 0 Å². The van der Waals surface area contributed by atoms with Crippen molar-refractivity contribution in [3.63, 3.8) is 0 Å². The number of carbonyl (C=O) groups excluding carboxylic acids is 1. The molecule has 3 nitrogen and oxygen atoms in total. The second-order valence-electron chi connectivity index (χ2n) is 4.10. The second kappa shape index (κ2) is 5.28. The average Bonchev–Trinajstić information content (AvgIpc) is 2.33. The lowest BCUT2D eigenvalue weighted by atomic mass is 10.1. The van der Waals surface area contributed by atoms with Crippen molar-refractivity contribution in [3.8, 4) is 5.75 Å². The summed E-state index contributed by atoms with van der Waals surface area (Å²) in [6.45, 7) is 1.81. The van der Waals surface area contributed by atoms with E-state index in [1.165, 1.54) is 24.3 Å². The van der Waals surface area contributed by atoms with Crippen molar-refractivity contribution in [2.24, 2.45) is 0 Å². The number of phenols is 1. The number of phenolic OH excluding ortho intramolecular Hbond substituents is 1. The first kappa shape index (κ1) is 13.4. The molecule has 0 heterocycles. The van der Waals surface area contributed by atoms with Crippen molar-refractivity contribution in [3.05, 3.63) is 58.4 Å². The van der Waals surface area contributed by atoms with Crippen molar-refractivity contribution in [2.75, 3.05) is 5.32 Å². The molecule has 5 heteroatoms. The van der Waals surface area contributed by atoms with Crippen molar-refractivity contribution in [1.29, 1.82) is 0 Å². The van der Waals surface area contributed by atoms with E-state index >= 15 is 0 Å². The van der Waals surface area contributed by atoms with E-state index in [-0.39, 0.29) is 16.3 Å². The molecule has 0 atom stereocenters. The lowest BCUT2D eigenvalue weighted by Crippen LogP contribution is -2.12. The molecule has 0 aromatic heterocycles. The highest BCUT2D eigenvalue weighted by molar-refractivity contribution is 6.31. The van der Waals surface area contributed by atoms with Crippen LogP contribution in [0.2, 0.25) is 5.02 Å². The number of aromatic hydroxyl groups is 1. The zero-order valence-corrected chi connectivity index (χ0v) is 10.8. The number of carbonyl (C=O) groups is 1. The lowest BCUT2D eigenvalue weighted by molar-refractivity contribution is 0.102. The molecule has 2 aromatic carbocycles. The summed E-state index contributed by atoms with van der Waals surface area (Å²) in [7, 11) is 0. The van der Waals surface area contributed by atoms with Gasteiger partial charge in [-0.2, -0.15) is 0 Å². The van der Waals surface area contributed by atoms with Gasteiger partial charge in [-0.3, -0.25) is 4.79 Å². The summed E-state index contributed by atoms with van der Waals surface area (Å²) in [6, 6.07) is 8.58. The van der Waals surface area contributed by atoms with Gasteiger partial charge in [0, 0.05) is 5.69 Å². The van der Waals surface area contributed by atoms with Crippen molar-refractivity contribution in [2.45, 2.75) is 6.92 Å². The van der Waals surface area contributed by atoms with E-state index in [0.717, 1.165) is 11.6 Å². The number of rotatable bonds is 2. The fourth-order valence-corrected chi connectivity index (χ4v) is 1.79. The number of benzene rings is 2. The largest absolute Gasteiger partial charge is 0.507 e. The van der Waals surface area contributed by atoms with Gasteiger partial charge < -0.3 is 10.4 Å². The van der Waals surface area contributed by atoms with Crippen LogP contribution in [-0.4, -0.2) is 11.0 Å². The fraction of sp³-hybridized carbons (Fsp3) is 0.0714. The molecular weight excluding hydrogens is 269 g/mol. The maximum Gasteiger partial charge on any atom is 0.259 e. The van der Waals surface area contributed by atoms with Crippen LogP contribution in [0.1, 0.15) is 15.9 Å². The standard InChI is InChI=1S/C14H11ClFNO2/c1-8-2-4-10(13(18)6-8)14(19)17-9-3-5-12(16)11(15)7-9/h2-7,18H,1H3,(H,17,19). The first-order chi connectivity index (χ1) is 8.97. The molecule has 0 unspecified atom stereocenters.